The molecule has 0 aliphatic carbocycles. The van der Waals surface area contributed by atoms with Gasteiger partial charge in [-0.15, -0.1) is 0 Å². The molecule has 3 aromatic rings. The number of hydrogen-bond donors (Lipinski definition) is 2. The summed E-state index contributed by atoms with van der Waals surface area (Å²) in [7, 11) is 0. The number of nitrogens with one attached hydrogen (secondary N) is 2. The first kappa shape index (κ1) is 28.1. The van der Waals surface area contributed by atoms with Crippen molar-refractivity contribution in [1.29, 1.82) is 0 Å². The van der Waals surface area contributed by atoms with Crippen molar-refractivity contribution in [2.24, 2.45) is 4.99 Å². The van der Waals surface area contributed by atoms with Crippen LogP contribution in [0.2, 0.25) is 20.1 Å². The van der Waals surface area contributed by atoms with Gasteiger partial charge in [0, 0.05) is 10.7 Å². The molecular weight excluding hydrogens is 592 g/mol. The molecule has 0 spiro atoms. The van der Waals surface area contributed by atoms with E-state index in [0.29, 0.717) is 54.4 Å². The molecule has 2 N–H and O–H groups in total. The summed E-state index contributed by atoms with van der Waals surface area (Å²) in [5.41, 5.74) is 1.73. The molecule has 1 saturated heterocycles. The lowest BCUT2D eigenvalue weighted by atomic mass is 10.2. The van der Waals surface area contributed by atoms with Gasteiger partial charge in [-0.05, 0) is 84.9 Å². The molecule has 196 valence electrons. The van der Waals surface area contributed by atoms with Crippen LogP contribution in [0.1, 0.15) is 12.5 Å². The van der Waals surface area contributed by atoms with Gasteiger partial charge in [0.15, 0.2) is 23.3 Å². The number of nitrogens with zero attached hydrogens (tertiary/aromatic N) is 1. The van der Waals surface area contributed by atoms with E-state index in [1.807, 2.05) is 0 Å². The summed E-state index contributed by atoms with van der Waals surface area (Å²) in [4.78, 5) is 29.8. The Labute approximate surface area is 243 Å². The average Bonchev–Trinajstić information content (AvgIpc) is 3.20. The molecule has 0 bridgehead atoms. The summed E-state index contributed by atoms with van der Waals surface area (Å²) >= 11 is 25.5. The van der Waals surface area contributed by atoms with Crippen LogP contribution < -0.4 is 20.1 Å². The third-order valence-electron chi connectivity index (χ3n) is 4.89. The molecule has 1 fully saturated rings. The van der Waals surface area contributed by atoms with Crippen LogP contribution >= 0.6 is 58.2 Å². The fourth-order valence-corrected chi connectivity index (χ4v) is 4.79. The molecule has 4 rings (SSSR count). The van der Waals surface area contributed by atoms with Crippen LogP contribution in [-0.4, -0.2) is 30.2 Å². The molecule has 0 atom stereocenters. The highest BCUT2D eigenvalue weighted by Gasteiger charge is 2.24. The standard InChI is InChI=1S/C26H19Cl4N3O4S/c1-2-36-21-10-14(11-22-25(35)33-26(38-22)32-16-5-3-15(27)4-6-16)9-20(30)24(21)37-13-23(34)31-17-7-8-18(28)19(29)12-17/h3-12H,2,13H2,1H3,(H,31,34)(H,32,33,35)/b22-11+. The Hall–Kier alpha value is -2.88. The molecule has 1 aliphatic rings. The maximum absolute atomic E-state index is 12.5. The Morgan fingerprint density at radius 3 is 2.47 bits per heavy atom. The molecule has 0 aromatic heterocycles. The van der Waals surface area contributed by atoms with Crippen LogP contribution in [0.25, 0.3) is 6.08 Å². The maximum atomic E-state index is 12.5. The minimum absolute atomic E-state index is 0.202. The second-order valence-electron chi connectivity index (χ2n) is 7.69. The predicted octanol–water partition coefficient (Wildman–Crippen LogP) is 7.61. The van der Waals surface area contributed by atoms with Crippen LogP contribution in [0.4, 0.5) is 11.4 Å². The zero-order chi connectivity index (χ0) is 27.2. The van der Waals surface area contributed by atoms with Gasteiger partial charge in [-0.25, -0.2) is 4.99 Å². The Balaban J connectivity index is 1.48. The number of aliphatic imine (C=N–C) groups is 1. The van der Waals surface area contributed by atoms with Crippen LogP contribution in [-0.2, 0) is 9.59 Å². The summed E-state index contributed by atoms with van der Waals surface area (Å²) in [6, 6.07) is 15.0. The summed E-state index contributed by atoms with van der Waals surface area (Å²) in [5, 5.41) is 7.35. The van der Waals surface area contributed by atoms with Gasteiger partial charge in [0.05, 0.1) is 32.3 Å². The number of carbonyl (C=O) groups excluding carboxylic acids is 2. The lowest BCUT2D eigenvalue weighted by Crippen LogP contribution is -2.20. The van der Waals surface area contributed by atoms with Crippen LogP contribution in [0.15, 0.2) is 64.5 Å². The third-order valence-corrected chi connectivity index (χ3v) is 7.07. The minimum atomic E-state index is -0.431. The quantitative estimate of drug-likeness (QED) is 0.256. The van der Waals surface area contributed by atoms with E-state index in [2.05, 4.69) is 15.6 Å². The van der Waals surface area contributed by atoms with Gasteiger partial charge in [-0.1, -0.05) is 46.4 Å². The summed E-state index contributed by atoms with van der Waals surface area (Å²) in [5.74, 6) is -0.197. The number of benzene rings is 3. The molecule has 1 heterocycles. The van der Waals surface area contributed by atoms with E-state index in [-0.39, 0.29) is 23.3 Å². The van der Waals surface area contributed by atoms with Crippen molar-refractivity contribution in [1.82, 2.24) is 5.32 Å². The van der Waals surface area contributed by atoms with Gasteiger partial charge in [0.2, 0.25) is 0 Å². The van der Waals surface area contributed by atoms with Gasteiger partial charge >= 0.3 is 0 Å². The van der Waals surface area contributed by atoms with E-state index < -0.39 is 5.91 Å². The number of ether oxygens (including phenoxy) is 2. The summed E-state index contributed by atoms with van der Waals surface area (Å²) in [6.07, 6.45) is 1.67. The molecule has 0 unspecified atom stereocenters. The largest absolute Gasteiger partial charge is 0.490 e. The molecular formula is C26H19Cl4N3O4S. The first-order valence-corrected chi connectivity index (χ1v) is 13.4. The van der Waals surface area contributed by atoms with Gasteiger partial charge in [0.1, 0.15) is 0 Å². The number of hydrogen-bond acceptors (Lipinski definition) is 6. The fraction of sp³-hybridized carbons (Fsp3) is 0.115. The lowest BCUT2D eigenvalue weighted by Gasteiger charge is -2.14. The van der Waals surface area contributed by atoms with E-state index in [4.69, 9.17) is 55.9 Å². The van der Waals surface area contributed by atoms with Crippen molar-refractivity contribution >= 4 is 92.6 Å². The number of rotatable bonds is 8. The fourth-order valence-electron chi connectivity index (χ4n) is 3.25. The summed E-state index contributed by atoms with van der Waals surface area (Å²) in [6.45, 7) is 1.80. The van der Waals surface area contributed by atoms with Crippen molar-refractivity contribution in [3.05, 3.63) is 85.2 Å². The number of anilines is 1. The lowest BCUT2D eigenvalue weighted by molar-refractivity contribution is -0.118. The SMILES string of the molecule is CCOc1cc(/C=C2/SC(=Nc3ccc(Cl)cc3)NC2=O)cc(Cl)c1OCC(=O)Nc1ccc(Cl)c(Cl)c1. The number of halogens is 4. The Morgan fingerprint density at radius 2 is 1.76 bits per heavy atom. The number of amidine groups is 1. The molecule has 1 aliphatic heterocycles. The van der Waals surface area contributed by atoms with E-state index in [1.54, 1.807) is 61.5 Å². The molecule has 2 amide bonds. The number of amides is 2. The first-order valence-electron chi connectivity index (χ1n) is 11.1. The second-order valence-corrected chi connectivity index (χ2v) is 10.4. The summed E-state index contributed by atoms with van der Waals surface area (Å²) < 4.78 is 11.4. The normalized spacial score (nSPS) is 15.0. The van der Waals surface area contributed by atoms with E-state index >= 15 is 0 Å². The van der Waals surface area contributed by atoms with Crippen LogP contribution in [0.3, 0.4) is 0 Å². The van der Waals surface area contributed by atoms with Gasteiger partial charge < -0.3 is 20.1 Å². The maximum Gasteiger partial charge on any atom is 0.264 e. The van der Waals surface area contributed by atoms with Crippen LogP contribution in [0.5, 0.6) is 11.5 Å². The zero-order valence-corrected chi connectivity index (χ0v) is 23.5. The van der Waals surface area contributed by atoms with Gasteiger partial charge in [-0.2, -0.15) is 0 Å². The monoisotopic (exact) mass is 609 g/mol. The Bertz CT molecular complexity index is 1450. The number of thioether (sulfide) groups is 1. The van der Waals surface area contributed by atoms with Crippen molar-refractivity contribution < 1.29 is 19.1 Å². The number of carbonyl (C=O) groups is 2. The van der Waals surface area contributed by atoms with Gasteiger partial charge in [0.25, 0.3) is 11.8 Å². The highest BCUT2D eigenvalue weighted by atomic mass is 35.5. The third kappa shape index (κ3) is 7.36. The molecule has 0 radical (unpaired) electrons. The van der Waals surface area contributed by atoms with E-state index in [1.165, 1.54) is 17.8 Å². The zero-order valence-electron chi connectivity index (χ0n) is 19.7. The first-order chi connectivity index (χ1) is 18.2. The smallest absolute Gasteiger partial charge is 0.264 e. The molecule has 3 aromatic carbocycles. The predicted molar refractivity (Wildman–Crippen MR) is 155 cm³/mol. The average molecular weight is 611 g/mol. The molecule has 38 heavy (non-hydrogen) atoms. The molecule has 0 saturated carbocycles. The topological polar surface area (TPSA) is 89.0 Å². The highest BCUT2D eigenvalue weighted by molar-refractivity contribution is 8.18. The van der Waals surface area contributed by atoms with Gasteiger partial charge in [-0.3, -0.25) is 9.59 Å². The van der Waals surface area contributed by atoms with Crippen molar-refractivity contribution in [2.45, 2.75) is 6.92 Å². The second kappa shape index (κ2) is 12.8. The molecule has 7 nitrogen and oxygen atoms in total. The Morgan fingerprint density at radius 1 is 1.00 bits per heavy atom. The van der Waals surface area contributed by atoms with Crippen molar-refractivity contribution in [3.8, 4) is 11.5 Å². The van der Waals surface area contributed by atoms with E-state index in [9.17, 15) is 9.59 Å². The van der Waals surface area contributed by atoms with Crippen molar-refractivity contribution in [2.75, 3.05) is 18.5 Å². The minimum Gasteiger partial charge on any atom is -0.490 e. The Kier molecular flexibility index (Phi) is 9.46. The van der Waals surface area contributed by atoms with Crippen LogP contribution in [0, 0.1) is 0 Å². The van der Waals surface area contributed by atoms with Crippen molar-refractivity contribution in [3.63, 3.8) is 0 Å². The molecule has 12 heteroatoms. The highest BCUT2D eigenvalue weighted by Crippen LogP contribution is 2.38. The van der Waals surface area contributed by atoms with E-state index in [0.717, 1.165) is 0 Å².